The van der Waals surface area contributed by atoms with Gasteiger partial charge < -0.3 is 9.84 Å². The molecule has 0 saturated carbocycles. The van der Waals surface area contributed by atoms with Crippen LogP contribution in [0.4, 0.5) is 5.69 Å². The fraction of sp³-hybridized carbons (Fsp3) is 0.300. The zero-order chi connectivity index (χ0) is 12.3. The average molecular weight is 225 g/mol. The lowest BCUT2D eigenvalue weighted by atomic mass is 10.2. The third-order valence-electron chi connectivity index (χ3n) is 2.03. The summed E-state index contributed by atoms with van der Waals surface area (Å²) in [6.45, 7) is 2.88. The lowest BCUT2D eigenvalue weighted by Gasteiger charge is -2.11. The van der Waals surface area contributed by atoms with Crippen molar-refractivity contribution in [2.24, 2.45) is 0 Å². The third-order valence-corrected chi connectivity index (χ3v) is 2.03. The van der Waals surface area contributed by atoms with Gasteiger partial charge in [0.15, 0.2) is 11.9 Å². The number of hydrogen-bond donors (Lipinski definition) is 1. The van der Waals surface area contributed by atoms with Gasteiger partial charge in [0.25, 0.3) is 0 Å². The molecule has 1 unspecified atom stereocenters. The monoisotopic (exact) mass is 225 g/mol. The van der Waals surface area contributed by atoms with E-state index in [-0.39, 0.29) is 11.4 Å². The van der Waals surface area contributed by atoms with Gasteiger partial charge in [-0.25, -0.2) is 4.79 Å². The molecule has 1 rings (SSSR count). The molecule has 0 amide bonds. The minimum Gasteiger partial charge on any atom is -0.479 e. The van der Waals surface area contributed by atoms with Crippen LogP contribution in [0.5, 0.6) is 5.75 Å². The van der Waals surface area contributed by atoms with Crippen molar-refractivity contribution in [1.82, 2.24) is 0 Å². The number of nitrogens with zero attached hydrogens (tertiary/aromatic N) is 1. The Kier molecular flexibility index (Phi) is 3.44. The molecule has 6 heteroatoms. The first-order valence-electron chi connectivity index (χ1n) is 4.57. The van der Waals surface area contributed by atoms with Crippen LogP contribution in [0.25, 0.3) is 0 Å². The molecule has 0 aliphatic rings. The van der Waals surface area contributed by atoms with Crippen molar-refractivity contribution < 1.29 is 19.6 Å². The van der Waals surface area contributed by atoms with Gasteiger partial charge >= 0.3 is 11.7 Å². The zero-order valence-corrected chi connectivity index (χ0v) is 8.84. The molecule has 1 N–H and O–H groups in total. The highest BCUT2D eigenvalue weighted by atomic mass is 16.6. The van der Waals surface area contributed by atoms with Crippen LogP contribution in [-0.2, 0) is 4.79 Å². The van der Waals surface area contributed by atoms with Crippen molar-refractivity contribution in [3.05, 3.63) is 33.9 Å². The van der Waals surface area contributed by atoms with Crippen LogP contribution in [0.15, 0.2) is 18.2 Å². The highest BCUT2D eigenvalue weighted by Crippen LogP contribution is 2.30. The second-order valence-corrected chi connectivity index (χ2v) is 3.28. The Morgan fingerprint density at radius 2 is 2.19 bits per heavy atom. The molecule has 0 saturated heterocycles. The molecule has 6 nitrogen and oxygen atoms in total. The van der Waals surface area contributed by atoms with E-state index in [4.69, 9.17) is 9.84 Å². The topological polar surface area (TPSA) is 89.7 Å². The van der Waals surface area contributed by atoms with Gasteiger partial charge in [-0.3, -0.25) is 10.1 Å². The van der Waals surface area contributed by atoms with E-state index in [0.29, 0.717) is 5.56 Å². The second-order valence-electron chi connectivity index (χ2n) is 3.28. The maximum atomic E-state index is 10.8. The molecule has 0 spiro atoms. The maximum Gasteiger partial charge on any atom is 0.344 e. The molecule has 0 fully saturated rings. The number of aliphatic carboxylic acids is 1. The number of para-hydroxylation sites is 1. The predicted molar refractivity (Wildman–Crippen MR) is 55.6 cm³/mol. The number of hydrogen-bond acceptors (Lipinski definition) is 4. The van der Waals surface area contributed by atoms with Crippen molar-refractivity contribution in [2.45, 2.75) is 20.0 Å². The minimum absolute atomic E-state index is 0.0279. The number of rotatable bonds is 4. The average Bonchev–Trinajstić information content (AvgIpc) is 2.16. The Hall–Kier alpha value is -2.11. The number of nitro groups is 1. The van der Waals surface area contributed by atoms with Gasteiger partial charge in [-0.2, -0.15) is 0 Å². The predicted octanol–water partition coefficient (Wildman–Crippen LogP) is 1.76. The summed E-state index contributed by atoms with van der Waals surface area (Å²) in [7, 11) is 0. The van der Waals surface area contributed by atoms with Crippen LogP contribution >= 0.6 is 0 Å². The number of carboxylic acids is 1. The smallest absolute Gasteiger partial charge is 0.344 e. The van der Waals surface area contributed by atoms with Crippen LogP contribution < -0.4 is 4.74 Å². The molecule has 16 heavy (non-hydrogen) atoms. The lowest BCUT2D eigenvalue weighted by molar-refractivity contribution is -0.386. The van der Waals surface area contributed by atoms with E-state index >= 15 is 0 Å². The van der Waals surface area contributed by atoms with E-state index in [2.05, 4.69) is 0 Å². The van der Waals surface area contributed by atoms with Gasteiger partial charge in [0, 0.05) is 5.56 Å². The number of carboxylic acid groups (broad SMARTS) is 1. The van der Waals surface area contributed by atoms with E-state index < -0.39 is 17.0 Å². The molecule has 86 valence electrons. The molecule has 1 aromatic rings. The highest BCUT2D eigenvalue weighted by molar-refractivity contribution is 5.72. The Morgan fingerprint density at radius 3 is 2.69 bits per heavy atom. The first-order valence-corrected chi connectivity index (χ1v) is 4.57. The fourth-order valence-electron chi connectivity index (χ4n) is 1.20. The summed E-state index contributed by atoms with van der Waals surface area (Å²) in [5.74, 6) is -1.20. The molecule has 0 aliphatic carbocycles. The first-order chi connectivity index (χ1) is 7.43. The van der Waals surface area contributed by atoms with E-state index in [1.54, 1.807) is 19.1 Å². The number of ether oxygens (including phenoxy) is 1. The number of aryl methyl sites for hydroxylation is 1. The van der Waals surface area contributed by atoms with E-state index in [1.807, 2.05) is 0 Å². The second kappa shape index (κ2) is 4.61. The maximum absolute atomic E-state index is 10.8. The van der Waals surface area contributed by atoms with Crippen molar-refractivity contribution in [3.63, 3.8) is 0 Å². The zero-order valence-electron chi connectivity index (χ0n) is 8.84. The highest BCUT2D eigenvalue weighted by Gasteiger charge is 2.22. The van der Waals surface area contributed by atoms with Crippen LogP contribution in [0, 0.1) is 17.0 Å². The molecule has 1 aromatic carbocycles. The van der Waals surface area contributed by atoms with Crippen LogP contribution in [0.2, 0.25) is 0 Å². The molecule has 0 aromatic heterocycles. The van der Waals surface area contributed by atoms with E-state index in [1.165, 1.54) is 13.0 Å². The third kappa shape index (κ3) is 2.47. The van der Waals surface area contributed by atoms with E-state index in [0.717, 1.165) is 0 Å². The lowest BCUT2D eigenvalue weighted by Crippen LogP contribution is -2.23. The van der Waals surface area contributed by atoms with Gasteiger partial charge in [0.2, 0.25) is 0 Å². The summed E-state index contributed by atoms with van der Waals surface area (Å²) in [4.78, 5) is 20.8. The van der Waals surface area contributed by atoms with Gasteiger partial charge in [0.1, 0.15) is 0 Å². The van der Waals surface area contributed by atoms with Gasteiger partial charge in [-0.05, 0) is 19.9 Å². The SMILES string of the molecule is Cc1cccc(OC(C)C(=O)O)c1[N+](=O)[O-]. The summed E-state index contributed by atoms with van der Waals surface area (Å²) >= 11 is 0. The summed E-state index contributed by atoms with van der Waals surface area (Å²) < 4.78 is 5.01. The van der Waals surface area contributed by atoms with E-state index in [9.17, 15) is 14.9 Å². The molecule has 1 atom stereocenters. The summed E-state index contributed by atoms with van der Waals surface area (Å²) in [5.41, 5.74) is 0.232. The van der Waals surface area contributed by atoms with Crippen molar-refractivity contribution >= 4 is 11.7 Å². The standard InChI is InChI=1S/C10H11NO5/c1-6-4-3-5-8(9(6)11(14)15)16-7(2)10(12)13/h3-5,7H,1-2H3,(H,12,13). The number of carbonyl (C=O) groups is 1. The molecular weight excluding hydrogens is 214 g/mol. The Labute approximate surface area is 91.6 Å². The first kappa shape index (κ1) is 12.0. The molecular formula is C10H11NO5. The quantitative estimate of drug-likeness (QED) is 0.622. The van der Waals surface area contributed by atoms with Crippen LogP contribution in [0.3, 0.4) is 0 Å². The summed E-state index contributed by atoms with van der Waals surface area (Å²) in [6, 6.07) is 4.52. The van der Waals surface area contributed by atoms with Crippen molar-refractivity contribution in [2.75, 3.05) is 0 Å². The molecule has 0 aliphatic heterocycles. The molecule has 0 heterocycles. The summed E-state index contributed by atoms with van der Waals surface area (Å²) in [5, 5.41) is 19.4. The van der Waals surface area contributed by atoms with Gasteiger partial charge in [-0.15, -0.1) is 0 Å². The van der Waals surface area contributed by atoms with Crippen LogP contribution in [0.1, 0.15) is 12.5 Å². The largest absolute Gasteiger partial charge is 0.479 e. The number of benzene rings is 1. The minimum atomic E-state index is -1.17. The van der Waals surface area contributed by atoms with Crippen LogP contribution in [-0.4, -0.2) is 22.1 Å². The van der Waals surface area contributed by atoms with Gasteiger partial charge in [0.05, 0.1) is 4.92 Å². The Morgan fingerprint density at radius 1 is 1.56 bits per heavy atom. The fourth-order valence-corrected chi connectivity index (χ4v) is 1.20. The normalized spacial score (nSPS) is 11.9. The molecule has 0 bridgehead atoms. The Bertz CT molecular complexity index is 429. The van der Waals surface area contributed by atoms with Crippen molar-refractivity contribution in [1.29, 1.82) is 0 Å². The molecule has 0 radical (unpaired) electrons. The Balaban J connectivity index is 3.09. The summed E-state index contributed by atoms with van der Waals surface area (Å²) in [6.07, 6.45) is -1.12. The van der Waals surface area contributed by atoms with Gasteiger partial charge in [-0.1, -0.05) is 12.1 Å². The van der Waals surface area contributed by atoms with Crippen molar-refractivity contribution in [3.8, 4) is 5.75 Å². The number of nitro benzene ring substituents is 1.